The lowest BCUT2D eigenvalue weighted by Crippen LogP contribution is -2.47. The van der Waals surface area contributed by atoms with Crippen molar-refractivity contribution in [2.75, 3.05) is 0 Å². The van der Waals surface area contributed by atoms with Gasteiger partial charge in [-0.1, -0.05) is 0 Å². The Morgan fingerprint density at radius 1 is 1.67 bits per heavy atom. The number of hydrazine groups is 1. The van der Waals surface area contributed by atoms with Crippen molar-refractivity contribution in [2.45, 2.75) is 18.9 Å². The lowest BCUT2D eigenvalue weighted by molar-refractivity contribution is -0.145. The van der Waals surface area contributed by atoms with E-state index in [1.807, 2.05) is 0 Å². The summed E-state index contributed by atoms with van der Waals surface area (Å²) in [5.74, 6) is 4.19. The van der Waals surface area contributed by atoms with Crippen LogP contribution in [0.4, 0.5) is 0 Å². The summed E-state index contributed by atoms with van der Waals surface area (Å²) in [6, 6.07) is 0.228. The zero-order chi connectivity index (χ0) is 6.85. The third-order valence-corrected chi connectivity index (χ3v) is 1.72. The first-order valence-electron chi connectivity index (χ1n) is 2.93. The van der Waals surface area contributed by atoms with E-state index < -0.39 is 5.97 Å². The number of hydrogen-bond donors (Lipinski definition) is 3. The summed E-state index contributed by atoms with van der Waals surface area (Å²) in [4.78, 5) is 10.2. The molecular weight excluding hydrogens is 120 g/mol. The monoisotopic (exact) mass is 130 g/mol. The first-order valence-corrected chi connectivity index (χ1v) is 2.93. The Kier molecular flexibility index (Phi) is 1.68. The highest BCUT2D eigenvalue weighted by Gasteiger charge is 2.33. The molecule has 0 atom stereocenters. The lowest BCUT2D eigenvalue weighted by atomic mass is 9.81. The van der Waals surface area contributed by atoms with E-state index in [1.165, 1.54) is 0 Å². The topological polar surface area (TPSA) is 75.3 Å². The number of rotatable bonds is 2. The number of carboxylic acid groups (broad SMARTS) is 1. The molecule has 0 unspecified atom stereocenters. The van der Waals surface area contributed by atoms with Crippen molar-refractivity contribution in [3.8, 4) is 0 Å². The van der Waals surface area contributed by atoms with E-state index in [9.17, 15) is 4.79 Å². The van der Waals surface area contributed by atoms with Crippen LogP contribution in [-0.2, 0) is 4.79 Å². The normalized spacial score (nSPS) is 33.4. The summed E-state index contributed by atoms with van der Waals surface area (Å²) >= 11 is 0. The quantitative estimate of drug-likeness (QED) is 0.342. The average molecular weight is 130 g/mol. The van der Waals surface area contributed by atoms with Crippen LogP contribution in [0.15, 0.2) is 0 Å². The van der Waals surface area contributed by atoms with Gasteiger partial charge < -0.3 is 5.11 Å². The highest BCUT2D eigenvalue weighted by Crippen LogP contribution is 2.26. The van der Waals surface area contributed by atoms with Gasteiger partial charge >= 0.3 is 5.97 Å². The molecule has 1 saturated carbocycles. The molecule has 1 fully saturated rings. The van der Waals surface area contributed by atoms with Gasteiger partial charge in [0.25, 0.3) is 0 Å². The van der Waals surface area contributed by atoms with Crippen molar-refractivity contribution in [3.05, 3.63) is 0 Å². The van der Waals surface area contributed by atoms with Crippen LogP contribution in [-0.4, -0.2) is 17.1 Å². The van der Waals surface area contributed by atoms with Gasteiger partial charge in [-0.05, 0) is 12.8 Å². The molecule has 52 valence electrons. The van der Waals surface area contributed by atoms with Gasteiger partial charge in [-0.25, -0.2) is 0 Å². The summed E-state index contributed by atoms with van der Waals surface area (Å²) in [6.07, 6.45) is 1.34. The van der Waals surface area contributed by atoms with Crippen LogP contribution in [0, 0.1) is 5.92 Å². The van der Waals surface area contributed by atoms with Gasteiger partial charge in [-0.3, -0.25) is 16.1 Å². The van der Waals surface area contributed by atoms with E-state index in [1.54, 1.807) is 0 Å². The number of nitrogens with two attached hydrogens (primary N) is 1. The number of carbonyl (C=O) groups is 1. The molecule has 1 aliphatic rings. The second-order valence-electron chi connectivity index (χ2n) is 2.37. The molecule has 0 bridgehead atoms. The molecule has 0 amide bonds. The Labute approximate surface area is 53.0 Å². The molecule has 1 aliphatic carbocycles. The fourth-order valence-corrected chi connectivity index (χ4v) is 0.956. The van der Waals surface area contributed by atoms with E-state index in [4.69, 9.17) is 10.9 Å². The van der Waals surface area contributed by atoms with Gasteiger partial charge in [0.2, 0.25) is 0 Å². The average Bonchev–Trinajstić information content (AvgIpc) is 1.61. The Morgan fingerprint density at radius 3 is 2.56 bits per heavy atom. The van der Waals surface area contributed by atoms with E-state index in [0.717, 1.165) is 0 Å². The second kappa shape index (κ2) is 2.33. The fraction of sp³-hybridized carbons (Fsp3) is 0.800. The number of aliphatic carboxylic acids is 1. The molecule has 1 rings (SSSR count). The van der Waals surface area contributed by atoms with Crippen molar-refractivity contribution >= 4 is 5.97 Å². The Balaban J connectivity index is 2.19. The third kappa shape index (κ3) is 1.20. The zero-order valence-corrected chi connectivity index (χ0v) is 5.00. The predicted molar refractivity (Wildman–Crippen MR) is 31.5 cm³/mol. The minimum atomic E-state index is -0.707. The maximum atomic E-state index is 10.2. The maximum absolute atomic E-state index is 10.2. The summed E-state index contributed by atoms with van der Waals surface area (Å²) in [7, 11) is 0. The summed E-state index contributed by atoms with van der Waals surface area (Å²) in [5.41, 5.74) is 2.52. The first-order chi connectivity index (χ1) is 4.24. The number of carboxylic acids is 1. The van der Waals surface area contributed by atoms with E-state index in [-0.39, 0.29) is 12.0 Å². The van der Waals surface area contributed by atoms with Crippen LogP contribution in [0.5, 0.6) is 0 Å². The van der Waals surface area contributed by atoms with Gasteiger partial charge in [0.1, 0.15) is 0 Å². The third-order valence-electron chi connectivity index (χ3n) is 1.72. The second-order valence-corrected chi connectivity index (χ2v) is 2.37. The van der Waals surface area contributed by atoms with Crippen molar-refractivity contribution in [1.29, 1.82) is 0 Å². The van der Waals surface area contributed by atoms with Crippen molar-refractivity contribution in [2.24, 2.45) is 11.8 Å². The Morgan fingerprint density at radius 2 is 2.22 bits per heavy atom. The van der Waals surface area contributed by atoms with E-state index in [0.29, 0.717) is 12.8 Å². The maximum Gasteiger partial charge on any atom is 0.306 e. The van der Waals surface area contributed by atoms with E-state index >= 15 is 0 Å². The molecule has 0 radical (unpaired) electrons. The van der Waals surface area contributed by atoms with Crippen molar-refractivity contribution < 1.29 is 9.90 Å². The Bertz CT molecular complexity index is 120. The van der Waals surface area contributed by atoms with Gasteiger partial charge in [-0.2, -0.15) is 0 Å². The number of hydrogen-bond acceptors (Lipinski definition) is 3. The van der Waals surface area contributed by atoms with Crippen LogP contribution < -0.4 is 11.3 Å². The first kappa shape index (κ1) is 6.51. The zero-order valence-electron chi connectivity index (χ0n) is 5.00. The van der Waals surface area contributed by atoms with E-state index in [2.05, 4.69) is 5.43 Å². The molecule has 0 saturated heterocycles. The number of nitrogens with one attached hydrogen (secondary N) is 1. The lowest BCUT2D eigenvalue weighted by Gasteiger charge is -2.31. The van der Waals surface area contributed by atoms with Crippen molar-refractivity contribution in [1.82, 2.24) is 5.43 Å². The molecule has 0 aromatic carbocycles. The standard InChI is InChI=1S/C5H10N2O2/c6-7-4-1-3(2-4)5(8)9/h3-4,7H,1-2,6H2,(H,8,9). The molecule has 4 heteroatoms. The molecule has 4 nitrogen and oxygen atoms in total. The minimum absolute atomic E-state index is 0.161. The van der Waals surface area contributed by atoms with Crippen LogP contribution in [0.1, 0.15) is 12.8 Å². The molecule has 4 N–H and O–H groups in total. The van der Waals surface area contributed by atoms with Crippen LogP contribution in [0.2, 0.25) is 0 Å². The van der Waals surface area contributed by atoms with Crippen molar-refractivity contribution in [3.63, 3.8) is 0 Å². The summed E-state index contributed by atoms with van der Waals surface area (Å²) in [5, 5.41) is 8.38. The Hall–Kier alpha value is -0.610. The highest BCUT2D eigenvalue weighted by molar-refractivity contribution is 5.71. The van der Waals surface area contributed by atoms with Crippen LogP contribution in [0.25, 0.3) is 0 Å². The van der Waals surface area contributed by atoms with Gasteiger partial charge in [0.05, 0.1) is 5.92 Å². The largest absolute Gasteiger partial charge is 0.481 e. The molecule has 0 spiro atoms. The summed E-state index contributed by atoms with van der Waals surface area (Å²) in [6.45, 7) is 0. The fourth-order valence-electron chi connectivity index (χ4n) is 0.956. The van der Waals surface area contributed by atoms with Gasteiger partial charge in [-0.15, -0.1) is 0 Å². The predicted octanol–water partition coefficient (Wildman–Crippen LogP) is -0.687. The van der Waals surface area contributed by atoms with Gasteiger partial charge in [0, 0.05) is 6.04 Å². The molecular formula is C5H10N2O2. The van der Waals surface area contributed by atoms with Crippen LogP contribution >= 0.6 is 0 Å². The smallest absolute Gasteiger partial charge is 0.306 e. The molecule has 0 aromatic rings. The minimum Gasteiger partial charge on any atom is -0.481 e. The SMILES string of the molecule is NNC1CC(C(=O)O)C1. The molecule has 0 aliphatic heterocycles. The molecule has 0 heterocycles. The molecule has 9 heavy (non-hydrogen) atoms. The molecule has 0 aromatic heterocycles. The van der Waals surface area contributed by atoms with Crippen LogP contribution in [0.3, 0.4) is 0 Å². The highest BCUT2D eigenvalue weighted by atomic mass is 16.4. The summed E-state index contributed by atoms with van der Waals surface area (Å²) < 4.78 is 0. The van der Waals surface area contributed by atoms with Gasteiger partial charge in [0.15, 0.2) is 0 Å².